The zero-order valence-corrected chi connectivity index (χ0v) is 20.3. The van der Waals surface area contributed by atoms with Gasteiger partial charge in [0.1, 0.15) is 24.7 Å². The Kier molecular flexibility index (Phi) is 9.73. The molecule has 0 fully saturated rings. The van der Waals surface area contributed by atoms with Gasteiger partial charge in [-0.05, 0) is 47.9 Å². The third-order valence-electron chi connectivity index (χ3n) is 5.63. The van der Waals surface area contributed by atoms with Crippen LogP contribution >= 0.6 is 0 Å². The molecular weight excluding hydrogens is 442 g/mol. The first kappa shape index (κ1) is 25.8. The van der Waals surface area contributed by atoms with E-state index in [0.29, 0.717) is 19.0 Å². The Balaban J connectivity index is 1.54. The molecule has 182 valence electrons. The van der Waals surface area contributed by atoms with Crippen molar-refractivity contribution in [2.24, 2.45) is 0 Å². The monoisotopic (exact) mass is 473 g/mol. The molecule has 0 aliphatic rings. The number of aliphatic carboxylic acids is 1. The molecule has 3 rings (SSSR count). The Morgan fingerprint density at radius 2 is 1.54 bits per heavy atom. The quantitative estimate of drug-likeness (QED) is 0.278. The molecule has 1 N–H and O–H groups in total. The molecule has 0 amide bonds. The van der Waals surface area contributed by atoms with Crippen LogP contribution in [0, 0.1) is 11.8 Å². The minimum absolute atomic E-state index is 0.0245. The van der Waals surface area contributed by atoms with Crippen molar-refractivity contribution in [1.82, 2.24) is 5.06 Å². The maximum Gasteiger partial charge on any atom is 0.304 e. The van der Waals surface area contributed by atoms with Crippen LogP contribution in [0.5, 0.6) is 11.5 Å². The predicted octanol–water partition coefficient (Wildman–Crippen LogP) is 5.46. The van der Waals surface area contributed by atoms with Gasteiger partial charge in [-0.3, -0.25) is 4.79 Å². The maximum atomic E-state index is 11.1. The first-order valence-electron chi connectivity index (χ1n) is 11.4. The largest absolute Gasteiger partial charge is 0.492 e. The number of nitrogens with zero attached hydrogens (tertiary/aromatic N) is 1. The molecule has 0 spiro atoms. The van der Waals surface area contributed by atoms with Crippen molar-refractivity contribution in [1.29, 1.82) is 0 Å². The summed E-state index contributed by atoms with van der Waals surface area (Å²) in [5, 5.41) is 10.9. The SMILES string of the molecule is CC#CC(CC(=O)O)c1ccc(OCc2ccc(OCC(c3ccccc3)N(C)OC)cc2)cc1. The minimum atomic E-state index is -0.869. The lowest BCUT2D eigenvalue weighted by atomic mass is 9.96. The molecule has 0 aromatic heterocycles. The molecule has 0 saturated carbocycles. The lowest BCUT2D eigenvalue weighted by molar-refractivity contribution is -0.149. The normalized spacial score (nSPS) is 12.3. The molecule has 0 aliphatic carbocycles. The number of hydroxylamine groups is 2. The standard InChI is InChI=1S/C29H31NO5/c1-4-8-25(19-29(31)32)23-13-17-27(18-14-23)34-20-22-11-15-26(16-12-22)35-21-28(30(2)33-3)24-9-6-5-7-10-24/h5-7,9-18,25,28H,19-21H2,1-3H3,(H,31,32). The number of likely N-dealkylation sites (N-methyl/N-ethyl adjacent to an activating group) is 1. The highest BCUT2D eigenvalue weighted by Crippen LogP contribution is 2.24. The summed E-state index contributed by atoms with van der Waals surface area (Å²) in [5.41, 5.74) is 2.99. The fourth-order valence-corrected chi connectivity index (χ4v) is 3.63. The summed E-state index contributed by atoms with van der Waals surface area (Å²) in [6.07, 6.45) is -0.0245. The summed E-state index contributed by atoms with van der Waals surface area (Å²) in [6.45, 7) is 2.57. The summed E-state index contributed by atoms with van der Waals surface area (Å²) < 4.78 is 11.9. The van der Waals surface area contributed by atoms with Crippen molar-refractivity contribution < 1.29 is 24.2 Å². The molecule has 0 radical (unpaired) electrons. The highest BCUT2D eigenvalue weighted by atomic mass is 16.7. The van der Waals surface area contributed by atoms with Gasteiger partial charge in [0.15, 0.2) is 0 Å². The van der Waals surface area contributed by atoms with E-state index in [4.69, 9.17) is 19.4 Å². The smallest absolute Gasteiger partial charge is 0.304 e. The summed E-state index contributed by atoms with van der Waals surface area (Å²) in [6, 6.07) is 25.3. The number of carboxylic acid groups (broad SMARTS) is 1. The molecule has 2 unspecified atom stereocenters. The van der Waals surface area contributed by atoms with Crippen molar-refractivity contribution in [2.75, 3.05) is 20.8 Å². The molecule has 3 aromatic rings. The summed E-state index contributed by atoms with van der Waals surface area (Å²) >= 11 is 0. The van der Waals surface area contributed by atoms with E-state index in [1.165, 1.54) is 0 Å². The number of benzene rings is 3. The Morgan fingerprint density at radius 1 is 0.914 bits per heavy atom. The van der Waals surface area contributed by atoms with E-state index < -0.39 is 5.97 Å². The van der Waals surface area contributed by atoms with Gasteiger partial charge in [0.25, 0.3) is 0 Å². The van der Waals surface area contributed by atoms with Gasteiger partial charge >= 0.3 is 5.97 Å². The Hall–Kier alpha value is -3.79. The van der Waals surface area contributed by atoms with Crippen molar-refractivity contribution in [3.8, 4) is 23.3 Å². The number of carboxylic acids is 1. The average Bonchev–Trinajstić information content (AvgIpc) is 2.88. The fourth-order valence-electron chi connectivity index (χ4n) is 3.63. The van der Waals surface area contributed by atoms with Crippen LogP contribution in [0.4, 0.5) is 0 Å². The zero-order valence-electron chi connectivity index (χ0n) is 20.3. The van der Waals surface area contributed by atoms with Crippen LogP contribution in [0.15, 0.2) is 78.9 Å². The maximum absolute atomic E-state index is 11.1. The second kappa shape index (κ2) is 13.2. The van der Waals surface area contributed by atoms with Crippen LogP contribution in [0.3, 0.4) is 0 Å². The lowest BCUT2D eigenvalue weighted by Gasteiger charge is -2.26. The van der Waals surface area contributed by atoms with Crippen LogP contribution < -0.4 is 9.47 Å². The van der Waals surface area contributed by atoms with Crippen LogP contribution in [-0.4, -0.2) is 36.9 Å². The van der Waals surface area contributed by atoms with Gasteiger partial charge in [-0.15, -0.1) is 5.92 Å². The Labute approximate surface area is 207 Å². The number of hydrogen-bond acceptors (Lipinski definition) is 5. The van der Waals surface area contributed by atoms with Crippen molar-refractivity contribution >= 4 is 5.97 Å². The highest BCUT2D eigenvalue weighted by Gasteiger charge is 2.18. The summed E-state index contributed by atoms with van der Waals surface area (Å²) in [5.74, 6) is 6.04. The molecule has 2 atom stereocenters. The van der Waals surface area contributed by atoms with E-state index in [1.807, 2.05) is 73.8 Å². The molecule has 0 heterocycles. The third kappa shape index (κ3) is 7.89. The van der Waals surface area contributed by atoms with Gasteiger partial charge < -0.3 is 19.4 Å². The summed E-state index contributed by atoms with van der Waals surface area (Å²) in [7, 11) is 3.53. The second-order valence-corrected chi connectivity index (χ2v) is 8.01. The average molecular weight is 474 g/mol. The molecule has 0 bridgehead atoms. The van der Waals surface area contributed by atoms with Crippen molar-refractivity contribution in [3.63, 3.8) is 0 Å². The van der Waals surface area contributed by atoms with Crippen LogP contribution in [-0.2, 0) is 16.2 Å². The zero-order chi connectivity index (χ0) is 25.0. The van der Waals surface area contributed by atoms with E-state index >= 15 is 0 Å². The molecule has 6 heteroatoms. The van der Waals surface area contributed by atoms with E-state index in [0.717, 1.165) is 22.4 Å². The first-order valence-corrected chi connectivity index (χ1v) is 11.4. The molecule has 35 heavy (non-hydrogen) atoms. The Morgan fingerprint density at radius 3 is 2.14 bits per heavy atom. The molecule has 3 aromatic carbocycles. The van der Waals surface area contributed by atoms with E-state index in [1.54, 1.807) is 19.1 Å². The predicted molar refractivity (Wildman–Crippen MR) is 135 cm³/mol. The van der Waals surface area contributed by atoms with Crippen molar-refractivity contribution in [2.45, 2.75) is 31.9 Å². The topological polar surface area (TPSA) is 68.2 Å². The lowest BCUT2D eigenvalue weighted by Crippen LogP contribution is -2.28. The van der Waals surface area contributed by atoms with E-state index in [9.17, 15) is 4.79 Å². The first-order chi connectivity index (χ1) is 17.0. The highest BCUT2D eigenvalue weighted by molar-refractivity contribution is 5.69. The van der Waals surface area contributed by atoms with Gasteiger partial charge in [0.05, 0.1) is 25.5 Å². The molecule has 0 aliphatic heterocycles. The van der Waals surface area contributed by atoms with Gasteiger partial charge in [-0.2, -0.15) is 5.06 Å². The molecule has 6 nitrogen and oxygen atoms in total. The fraction of sp³-hybridized carbons (Fsp3) is 0.276. The van der Waals surface area contributed by atoms with Crippen LogP contribution in [0.1, 0.15) is 42.0 Å². The van der Waals surface area contributed by atoms with E-state index in [2.05, 4.69) is 24.0 Å². The number of ether oxygens (including phenoxy) is 2. The number of hydrogen-bond donors (Lipinski definition) is 1. The van der Waals surface area contributed by atoms with Gasteiger partial charge in [-0.1, -0.05) is 60.5 Å². The third-order valence-corrected chi connectivity index (χ3v) is 5.63. The molecule has 0 saturated heterocycles. The van der Waals surface area contributed by atoms with Gasteiger partial charge in [0, 0.05) is 7.05 Å². The van der Waals surface area contributed by atoms with Crippen molar-refractivity contribution in [3.05, 3.63) is 95.6 Å². The molecular formula is C29H31NO5. The van der Waals surface area contributed by atoms with Crippen LogP contribution in [0.25, 0.3) is 0 Å². The second-order valence-electron chi connectivity index (χ2n) is 8.01. The summed E-state index contributed by atoms with van der Waals surface area (Å²) in [4.78, 5) is 16.5. The Bertz CT molecular complexity index is 1120. The minimum Gasteiger partial charge on any atom is -0.492 e. The number of carbonyl (C=O) groups is 1. The van der Waals surface area contributed by atoms with E-state index in [-0.39, 0.29) is 18.4 Å². The van der Waals surface area contributed by atoms with Gasteiger partial charge in [-0.25, -0.2) is 0 Å². The number of rotatable bonds is 12. The van der Waals surface area contributed by atoms with Gasteiger partial charge in [0.2, 0.25) is 0 Å². The van der Waals surface area contributed by atoms with Crippen LogP contribution in [0.2, 0.25) is 0 Å².